The zero-order valence-corrected chi connectivity index (χ0v) is 14.0. The lowest BCUT2D eigenvalue weighted by Gasteiger charge is -2.29. The Kier molecular flexibility index (Phi) is 4.64. The molecule has 0 fully saturated rings. The van der Waals surface area contributed by atoms with E-state index in [0.29, 0.717) is 31.9 Å². The molecular weight excluding hydrogens is 304 g/mol. The minimum atomic E-state index is -0.192. The van der Waals surface area contributed by atoms with E-state index in [1.54, 1.807) is 6.07 Å². The SMILES string of the molecule is CC(C)C(=O)N1CCn2nc(C(=O)NCc3ccccc3)cc2C1. The summed E-state index contributed by atoms with van der Waals surface area (Å²) in [5, 5.41) is 7.25. The maximum absolute atomic E-state index is 12.3. The average molecular weight is 326 g/mol. The van der Waals surface area contributed by atoms with Gasteiger partial charge in [0.2, 0.25) is 5.91 Å². The second kappa shape index (κ2) is 6.86. The highest BCUT2D eigenvalue weighted by Crippen LogP contribution is 2.16. The normalized spacial score (nSPS) is 13.7. The predicted octanol–water partition coefficient (Wildman–Crippen LogP) is 1.81. The number of aromatic nitrogens is 2. The van der Waals surface area contributed by atoms with E-state index >= 15 is 0 Å². The van der Waals surface area contributed by atoms with Crippen molar-refractivity contribution in [1.29, 1.82) is 0 Å². The molecule has 0 aliphatic carbocycles. The standard InChI is InChI=1S/C18H22N4O2/c1-13(2)18(24)21-8-9-22-15(12-21)10-16(20-22)17(23)19-11-14-6-4-3-5-7-14/h3-7,10,13H,8-9,11-12H2,1-2H3,(H,19,23). The molecule has 2 heterocycles. The zero-order valence-electron chi connectivity index (χ0n) is 14.0. The molecule has 6 heteroatoms. The molecule has 1 aromatic carbocycles. The van der Waals surface area contributed by atoms with Crippen molar-refractivity contribution in [3.8, 4) is 0 Å². The van der Waals surface area contributed by atoms with Gasteiger partial charge in [0, 0.05) is 19.0 Å². The Morgan fingerprint density at radius 1 is 1.21 bits per heavy atom. The lowest BCUT2D eigenvalue weighted by atomic mass is 10.1. The third-order valence-electron chi connectivity index (χ3n) is 4.13. The summed E-state index contributed by atoms with van der Waals surface area (Å²) in [6.45, 7) is 6.04. The number of fused-ring (bicyclic) bond motifs is 1. The van der Waals surface area contributed by atoms with Crippen LogP contribution in [0.15, 0.2) is 36.4 Å². The van der Waals surface area contributed by atoms with Crippen LogP contribution in [0.3, 0.4) is 0 Å². The molecule has 3 rings (SSSR count). The molecule has 6 nitrogen and oxygen atoms in total. The van der Waals surface area contributed by atoms with Gasteiger partial charge in [-0.2, -0.15) is 5.10 Å². The maximum Gasteiger partial charge on any atom is 0.272 e. The smallest absolute Gasteiger partial charge is 0.272 e. The van der Waals surface area contributed by atoms with Gasteiger partial charge in [-0.25, -0.2) is 0 Å². The Labute approximate surface area is 141 Å². The minimum Gasteiger partial charge on any atom is -0.347 e. The number of nitrogens with zero attached hydrogens (tertiary/aromatic N) is 3. The summed E-state index contributed by atoms with van der Waals surface area (Å²) in [6, 6.07) is 11.5. The third-order valence-corrected chi connectivity index (χ3v) is 4.13. The van der Waals surface area contributed by atoms with Crippen LogP contribution in [-0.2, 0) is 24.4 Å². The van der Waals surface area contributed by atoms with Crippen molar-refractivity contribution in [2.75, 3.05) is 6.54 Å². The van der Waals surface area contributed by atoms with Crippen LogP contribution >= 0.6 is 0 Å². The Morgan fingerprint density at radius 3 is 2.67 bits per heavy atom. The fourth-order valence-corrected chi connectivity index (χ4v) is 2.80. The molecule has 2 aromatic rings. The van der Waals surface area contributed by atoms with E-state index in [1.807, 2.05) is 53.8 Å². The van der Waals surface area contributed by atoms with Crippen molar-refractivity contribution in [2.45, 2.75) is 33.5 Å². The summed E-state index contributed by atoms with van der Waals surface area (Å²) in [6.07, 6.45) is 0. The quantitative estimate of drug-likeness (QED) is 0.932. The molecular formula is C18H22N4O2. The molecule has 1 N–H and O–H groups in total. The van der Waals surface area contributed by atoms with Gasteiger partial charge in [0.25, 0.3) is 5.91 Å². The van der Waals surface area contributed by atoms with Crippen LogP contribution in [0.4, 0.5) is 0 Å². The number of carbonyl (C=O) groups is 2. The highest BCUT2D eigenvalue weighted by Gasteiger charge is 2.25. The number of rotatable bonds is 4. The highest BCUT2D eigenvalue weighted by atomic mass is 16.2. The molecule has 0 spiro atoms. The van der Waals surface area contributed by atoms with E-state index in [4.69, 9.17) is 0 Å². The molecule has 126 valence electrons. The molecule has 0 radical (unpaired) electrons. The van der Waals surface area contributed by atoms with Gasteiger partial charge in [-0.3, -0.25) is 14.3 Å². The fraction of sp³-hybridized carbons (Fsp3) is 0.389. The van der Waals surface area contributed by atoms with E-state index in [1.165, 1.54) is 0 Å². The van der Waals surface area contributed by atoms with E-state index in [9.17, 15) is 9.59 Å². The third kappa shape index (κ3) is 3.48. The first-order valence-electron chi connectivity index (χ1n) is 8.22. The molecule has 2 amide bonds. The number of amides is 2. The van der Waals surface area contributed by atoms with Crippen LogP contribution < -0.4 is 5.32 Å². The van der Waals surface area contributed by atoms with Crippen LogP contribution in [0.25, 0.3) is 0 Å². The first-order valence-corrected chi connectivity index (χ1v) is 8.22. The van der Waals surface area contributed by atoms with Crippen LogP contribution in [0.5, 0.6) is 0 Å². The van der Waals surface area contributed by atoms with Crippen molar-refractivity contribution in [3.05, 3.63) is 53.3 Å². The van der Waals surface area contributed by atoms with E-state index in [0.717, 1.165) is 11.3 Å². The van der Waals surface area contributed by atoms with Crippen LogP contribution in [0.1, 0.15) is 35.6 Å². The first kappa shape index (κ1) is 16.2. The maximum atomic E-state index is 12.3. The van der Waals surface area contributed by atoms with Crippen LogP contribution in [0, 0.1) is 5.92 Å². The van der Waals surface area contributed by atoms with E-state index in [2.05, 4.69) is 10.4 Å². The molecule has 0 bridgehead atoms. The monoisotopic (exact) mass is 326 g/mol. The molecule has 1 aliphatic heterocycles. The Morgan fingerprint density at radius 2 is 1.96 bits per heavy atom. The Balaban J connectivity index is 1.65. The largest absolute Gasteiger partial charge is 0.347 e. The molecule has 24 heavy (non-hydrogen) atoms. The average Bonchev–Trinajstić information content (AvgIpc) is 3.03. The lowest BCUT2D eigenvalue weighted by Crippen LogP contribution is -2.40. The van der Waals surface area contributed by atoms with Gasteiger partial charge < -0.3 is 10.2 Å². The van der Waals surface area contributed by atoms with Gasteiger partial charge in [-0.05, 0) is 11.6 Å². The second-order valence-corrected chi connectivity index (χ2v) is 6.33. The van der Waals surface area contributed by atoms with Crippen molar-refractivity contribution in [1.82, 2.24) is 20.0 Å². The summed E-state index contributed by atoms with van der Waals surface area (Å²) < 4.78 is 1.82. The van der Waals surface area contributed by atoms with Gasteiger partial charge in [0.15, 0.2) is 5.69 Å². The predicted molar refractivity (Wildman–Crippen MR) is 90.1 cm³/mol. The van der Waals surface area contributed by atoms with Gasteiger partial charge >= 0.3 is 0 Å². The number of benzene rings is 1. The molecule has 0 atom stereocenters. The molecule has 1 aliphatic rings. The van der Waals surface area contributed by atoms with Crippen LogP contribution in [0.2, 0.25) is 0 Å². The van der Waals surface area contributed by atoms with Crippen LogP contribution in [-0.4, -0.2) is 33.0 Å². The fourth-order valence-electron chi connectivity index (χ4n) is 2.80. The number of nitrogens with one attached hydrogen (secondary N) is 1. The van der Waals surface area contributed by atoms with Crippen molar-refractivity contribution >= 4 is 11.8 Å². The summed E-state index contributed by atoms with van der Waals surface area (Å²) in [5.74, 6) is -0.0758. The molecule has 0 saturated carbocycles. The Bertz CT molecular complexity index is 737. The van der Waals surface area contributed by atoms with Crippen molar-refractivity contribution in [2.24, 2.45) is 5.92 Å². The van der Waals surface area contributed by atoms with Crippen molar-refractivity contribution in [3.63, 3.8) is 0 Å². The number of carbonyl (C=O) groups excluding carboxylic acids is 2. The highest BCUT2D eigenvalue weighted by molar-refractivity contribution is 5.92. The number of hydrogen-bond donors (Lipinski definition) is 1. The summed E-state index contributed by atoms with van der Waals surface area (Å²) in [7, 11) is 0. The zero-order chi connectivity index (χ0) is 17.1. The van der Waals surface area contributed by atoms with Crippen molar-refractivity contribution < 1.29 is 9.59 Å². The van der Waals surface area contributed by atoms with Gasteiger partial charge in [0.1, 0.15) is 0 Å². The first-order chi connectivity index (χ1) is 11.5. The molecule has 0 unspecified atom stereocenters. The molecule has 1 aromatic heterocycles. The lowest BCUT2D eigenvalue weighted by molar-refractivity contribution is -0.136. The number of hydrogen-bond acceptors (Lipinski definition) is 3. The summed E-state index contributed by atoms with van der Waals surface area (Å²) in [5.41, 5.74) is 2.35. The Hall–Kier alpha value is -2.63. The van der Waals surface area contributed by atoms with Gasteiger partial charge in [0.05, 0.1) is 18.8 Å². The van der Waals surface area contributed by atoms with Gasteiger partial charge in [-0.15, -0.1) is 0 Å². The van der Waals surface area contributed by atoms with Gasteiger partial charge in [-0.1, -0.05) is 44.2 Å². The van der Waals surface area contributed by atoms with E-state index < -0.39 is 0 Å². The molecule has 0 saturated heterocycles. The minimum absolute atomic E-state index is 0.0203. The summed E-state index contributed by atoms with van der Waals surface area (Å²) in [4.78, 5) is 26.2. The van der Waals surface area contributed by atoms with E-state index in [-0.39, 0.29) is 17.7 Å². The second-order valence-electron chi connectivity index (χ2n) is 6.33. The topological polar surface area (TPSA) is 67.2 Å². The summed E-state index contributed by atoms with van der Waals surface area (Å²) >= 11 is 0.